The predicted molar refractivity (Wildman–Crippen MR) is 75.8 cm³/mol. The topological polar surface area (TPSA) is 66.9 Å². The third-order valence-corrected chi connectivity index (χ3v) is 2.76. The van der Waals surface area contributed by atoms with Gasteiger partial charge in [-0.05, 0) is 24.3 Å². The van der Waals surface area contributed by atoms with Crippen LogP contribution in [0, 0.1) is 0 Å². The summed E-state index contributed by atoms with van der Waals surface area (Å²) in [6.45, 7) is 0. The zero-order valence-corrected chi connectivity index (χ0v) is 12.0. The maximum atomic E-state index is 11.1. The normalized spacial score (nSPS) is 9.86. The minimum atomic E-state index is -0.813. The molecule has 2 rings (SSSR count). The van der Waals surface area contributed by atoms with Crippen molar-refractivity contribution in [2.24, 2.45) is 0 Å². The summed E-state index contributed by atoms with van der Waals surface area (Å²) in [5.41, 5.74) is 1.44. The van der Waals surface area contributed by atoms with E-state index in [2.05, 4.69) is 9.72 Å². The molecule has 0 aliphatic carbocycles. The summed E-state index contributed by atoms with van der Waals surface area (Å²) < 4.78 is 19.8. The van der Waals surface area contributed by atoms with Gasteiger partial charge in [-0.15, -0.1) is 0 Å². The Balaban J connectivity index is 2.33. The van der Waals surface area contributed by atoms with Crippen LogP contribution in [0.5, 0.6) is 17.4 Å². The summed E-state index contributed by atoms with van der Waals surface area (Å²) in [5.74, 6) is 1.38. The number of hydrogen-bond acceptors (Lipinski definition) is 6. The van der Waals surface area contributed by atoms with Crippen molar-refractivity contribution >= 4 is 6.16 Å². The second-order valence-electron chi connectivity index (χ2n) is 3.99. The molecule has 0 spiro atoms. The van der Waals surface area contributed by atoms with Crippen LogP contribution in [-0.4, -0.2) is 32.5 Å². The van der Waals surface area contributed by atoms with Gasteiger partial charge in [-0.25, -0.2) is 9.78 Å². The van der Waals surface area contributed by atoms with E-state index in [0.717, 1.165) is 5.56 Å². The van der Waals surface area contributed by atoms with Gasteiger partial charge in [0.1, 0.15) is 0 Å². The number of rotatable bonds is 4. The fourth-order valence-electron chi connectivity index (χ4n) is 1.76. The molecule has 2 aromatic rings. The van der Waals surface area contributed by atoms with Gasteiger partial charge < -0.3 is 18.9 Å². The number of pyridine rings is 1. The van der Waals surface area contributed by atoms with E-state index >= 15 is 0 Å². The van der Waals surface area contributed by atoms with E-state index in [1.165, 1.54) is 7.11 Å². The van der Waals surface area contributed by atoms with Crippen LogP contribution >= 0.6 is 0 Å². The first kappa shape index (κ1) is 14.6. The largest absolute Gasteiger partial charge is 0.514 e. The van der Waals surface area contributed by atoms with E-state index in [1.54, 1.807) is 44.6 Å². The maximum Gasteiger partial charge on any atom is 0.514 e. The number of nitrogens with zero attached hydrogens (tertiary/aromatic N) is 1. The lowest BCUT2D eigenvalue weighted by atomic mass is 10.1. The van der Waals surface area contributed by atoms with Crippen molar-refractivity contribution in [2.75, 3.05) is 21.3 Å². The Morgan fingerprint density at radius 1 is 1.00 bits per heavy atom. The molecule has 0 atom stereocenters. The van der Waals surface area contributed by atoms with Crippen LogP contribution in [-0.2, 0) is 4.74 Å². The van der Waals surface area contributed by atoms with Gasteiger partial charge in [0.15, 0.2) is 11.5 Å². The van der Waals surface area contributed by atoms with Gasteiger partial charge in [0, 0.05) is 11.6 Å². The molecule has 1 heterocycles. The fraction of sp³-hybridized carbons (Fsp3) is 0.200. The maximum absolute atomic E-state index is 11.1. The molecule has 0 unspecified atom stereocenters. The molecule has 0 saturated heterocycles. The zero-order valence-electron chi connectivity index (χ0n) is 12.0. The van der Waals surface area contributed by atoms with Gasteiger partial charge in [0.25, 0.3) is 0 Å². The highest BCUT2D eigenvalue weighted by Crippen LogP contribution is 2.32. The Bertz CT molecular complexity index is 642. The molecule has 21 heavy (non-hydrogen) atoms. The van der Waals surface area contributed by atoms with Crippen molar-refractivity contribution < 1.29 is 23.7 Å². The summed E-state index contributed by atoms with van der Waals surface area (Å²) in [6, 6.07) is 10.5. The van der Waals surface area contributed by atoms with Gasteiger partial charge in [-0.3, -0.25) is 0 Å². The summed E-state index contributed by atoms with van der Waals surface area (Å²) in [7, 11) is 4.37. The summed E-state index contributed by atoms with van der Waals surface area (Å²) in [4.78, 5) is 15.3. The van der Waals surface area contributed by atoms with Crippen LogP contribution in [0.1, 0.15) is 0 Å². The molecule has 0 saturated carbocycles. The van der Waals surface area contributed by atoms with E-state index < -0.39 is 6.16 Å². The predicted octanol–water partition coefficient (Wildman–Crippen LogP) is 2.91. The van der Waals surface area contributed by atoms with Crippen molar-refractivity contribution in [1.82, 2.24) is 4.98 Å². The lowest BCUT2D eigenvalue weighted by Gasteiger charge is -2.10. The molecule has 0 bridgehead atoms. The van der Waals surface area contributed by atoms with Crippen LogP contribution < -0.4 is 14.2 Å². The highest BCUT2D eigenvalue weighted by Gasteiger charge is 2.09. The Morgan fingerprint density at radius 2 is 1.76 bits per heavy atom. The molecule has 1 aromatic heterocycles. The number of hydrogen-bond donors (Lipinski definition) is 0. The van der Waals surface area contributed by atoms with Crippen molar-refractivity contribution in [3.8, 4) is 28.6 Å². The van der Waals surface area contributed by atoms with E-state index in [9.17, 15) is 4.79 Å². The lowest BCUT2D eigenvalue weighted by Crippen LogP contribution is -2.08. The lowest BCUT2D eigenvalue weighted by molar-refractivity contribution is 0.119. The highest BCUT2D eigenvalue weighted by molar-refractivity contribution is 5.66. The van der Waals surface area contributed by atoms with Crippen LogP contribution in [0.2, 0.25) is 0 Å². The molecule has 0 aliphatic rings. The Hall–Kier alpha value is -2.76. The van der Waals surface area contributed by atoms with Crippen LogP contribution in [0.25, 0.3) is 11.3 Å². The standard InChI is InChI=1S/C15H15NO5/c1-18-12-8-7-10(9-13(12)19-2)11-5-4-6-14(16-11)21-15(17)20-3/h4-9H,1-3H3. The van der Waals surface area contributed by atoms with Crippen molar-refractivity contribution in [3.05, 3.63) is 36.4 Å². The zero-order chi connectivity index (χ0) is 15.2. The van der Waals surface area contributed by atoms with Crippen molar-refractivity contribution in [2.45, 2.75) is 0 Å². The molecule has 0 N–H and O–H groups in total. The molecule has 1 aromatic carbocycles. The number of carbonyl (C=O) groups is 1. The first-order valence-corrected chi connectivity index (χ1v) is 6.13. The smallest absolute Gasteiger partial charge is 0.493 e. The Labute approximate surface area is 122 Å². The minimum Gasteiger partial charge on any atom is -0.493 e. The molecule has 0 aliphatic heterocycles. The van der Waals surface area contributed by atoms with E-state index in [1.807, 2.05) is 6.07 Å². The van der Waals surface area contributed by atoms with Crippen molar-refractivity contribution in [3.63, 3.8) is 0 Å². The summed E-state index contributed by atoms with van der Waals surface area (Å²) in [5, 5.41) is 0. The van der Waals surface area contributed by atoms with Crippen molar-refractivity contribution in [1.29, 1.82) is 0 Å². The highest BCUT2D eigenvalue weighted by atomic mass is 16.7. The molecule has 110 valence electrons. The summed E-state index contributed by atoms with van der Waals surface area (Å²) >= 11 is 0. The first-order valence-electron chi connectivity index (χ1n) is 6.13. The molecule has 6 heteroatoms. The second-order valence-corrected chi connectivity index (χ2v) is 3.99. The number of aromatic nitrogens is 1. The van der Waals surface area contributed by atoms with Crippen LogP contribution in [0.3, 0.4) is 0 Å². The Morgan fingerprint density at radius 3 is 2.43 bits per heavy atom. The molecule has 0 radical (unpaired) electrons. The van der Waals surface area contributed by atoms with E-state index in [4.69, 9.17) is 14.2 Å². The third kappa shape index (κ3) is 3.42. The van der Waals surface area contributed by atoms with Gasteiger partial charge in [0.2, 0.25) is 5.88 Å². The van der Waals surface area contributed by atoms with Gasteiger partial charge in [0.05, 0.1) is 27.0 Å². The van der Waals surface area contributed by atoms with E-state index in [0.29, 0.717) is 17.2 Å². The number of ether oxygens (including phenoxy) is 4. The first-order chi connectivity index (χ1) is 10.2. The number of methoxy groups -OCH3 is 3. The molecule has 0 amide bonds. The van der Waals surface area contributed by atoms with Crippen LogP contribution in [0.15, 0.2) is 36.4 Å². The molecular formula is C15H15NO5. The second kappa shape index (κ2) is 6.60. The quantitative estimate of drug-likeness (QED) is 0.806. The molecule has 6 nitrogen and oxygen atoms in total. The fourth-order valence-corrected chi connectivity index (χ4v) is 1.76. The number of carbonyl (C=O) groups excluding carboxylic acids is 1. The Kier molecular flexibility index (Phi) is 4.61. The van der Waals surface area contributed by atoms with Gasteiger partial charge in [-0.1, -0.05) is 6.07 Å². The van der Waals surface area contributed by atoms with Crippen LogP contribution in [0.4, 0.5) is 4.79 Å². The third-order valence-electron chi connectivity index (χ3n) is 2.76. The summed E-state index contributed by atoms with van der Waals surface area (Å²) in [6.07, 6.45) is -0.813. The molecular weight excluding hydrogens is 274 g/mol. The SMILES string of the molecule is COC(=O)Oc1cccc(-c2ccc(OC)c(OC)c2)n1. The monoisotopic (exact) mass is 289 g/mol. The average Bonchev–Trinajstić information content (AvgIpc) is 2.54. The average molecular weight is 289 g/mol. The minimum absolute atomic E-state index is 0.161. The number of benzene rings is 1. The van der Waals surface area contributed by atoms with Gasteiger partial charge in [-0.2, -0.15) is 0 Å². The molecule has 0 fully saturated rings. The van der Waals surface area contributed by atoms with E-state index in [-0.39, 0.29) is 5.88 Å². The van der Waals surface area contributed by atoms with Gasteiger partial charge >= 0.3 is 6.16 Å².